The molecular formula is C11H17NO5S2. The molecule has 0 spiro atoms. The summed E-state index contributed by atoms with van der Waals surface area (Å²) in [6.45, 7) is 4.44. The van der Waals surface area contributed by atoms with E-state index in [4.69, 9.17) is 4.74 Å². The highest BCUT2D eigenvalue weighted by molar-refractivity contribution is 8.76. The lowest BCUT2D eigenvalue weighted by Gasteiger charge is -2.28. The third kappa shape index (κ3) is 5.32. The first-order valence-electron chi connectivity index (χ1n) is 5.68. The monoisotopic (exact) mass is 307 g/mol. The van der Waals surface area contributed by atoms with Gasteiger partial charge in [0.1, 0.15) is 6.04 Å². The maximum atomic E-state index is 12.0. The zero-order chi connectivity index (χ0) is 14.5. The topological polar surface area (TPSA) is 81.7 Å². The van der Waals surface area contributed by atoms with E-state index in [1.165, 1.54) is 17.7 Å². The zero-order valence-corrected chi connectivity index (χ0v) is 12.7. The van der Waals surface area contributed by atoms with Gasteiger partial charge in [-0.05, 0) is 0 Å². The van der Waals surface area contributed by atoms with Gasteiger partial charge >= 0.3 is 11.9 Å². The van der Waals surface area contributed by atoms with Crippen LogP contribution in [0.15, 0.2) is 0 Å². The van der Waals surface area contributed by atoms with Crippen LogP contribution in [0.1, 0.15) is 20.8 Å². The molecule has 1 rings (SSSR count). The van der Waals surface area contributed by atoms with Crippen molar-refractivity contribution in [1.82, 2.24) is 5.32 Å². The van der Waals surface area contributed by atoms with E-state index >= 15 is 0 Å². The van der Waals surface area contributed by atoms with E-state index in [1.807, 2.05) is 13.8 Å². The number of hydrogen-bond donors (Lipinski definition) is 1. The molecule has 0 aromatic carbocycles. The Labute approximate surface area is 119 Å². The lowest BCUT2D eigenvalue weighted by molar-refractivity contribution is -0.167. The van der Waals surface area contributed by atoms with Crippen molar-refractivity contribution in [3.8, 4) is 0 Å². The van der Waals surface area contributed by atoms with E-state index in [-0.39, 0.29) is 5.91 Å². The van der Waals surface area contributed by atoms with Gasteiger partial charge in [0.2, 0.25) is 12.7 Å². The van der Waals surface area contributed by atoms with Gasteiger partial charge in [0.05, 0.1) is 5.41 Å². The lowest BCUT2D eigenvalue weighted by Crippen LogP contribution is -2.50. The highest BCUT2D eigenvalue weighted by Crippen LogP contribution is 2.33. The number of carbonyl (C=O) groups is 3. The average Bonchev–Trinajstić information content (AvgIpc) is 2.30. The fourth-order valence-corrected chi connectivity index (χ4v) is 3.96. The third-order valence-corrected chi connectivity index (χ3v) is 5.14. The quantitative estimate of drug-likeness (QED) is 0.472. The molecule has 1 aliphatic heterocycles. The van der Waals surface area contributed by atoms with Crippen molar-refractivity contribution in [2.75, 3.05) is 18.3 Å². The standard InChI is InChI=1S/C11H17NO5S2/c1-7(13)16-6-17-9(14)8-4-18-19-5-11(2,3)10(15)12-8/h8H,4-6H2,1-3H3,(H,12,15)/t8-/m0/s1. The van der Waals surface area contributed by atoms with Crippen LogP contribution in [0.25, 0.3) is 0 Å². The minimum absolute atomic E-state index is 0.185. The van der Waals surface area contributed by atoms with E-state index in [0.717, 1.165) is 0 Å². The van der Waals surface area contributed by atoms with Crippen molar-refractivity contribution < 1.29 is 23.9 Å². The Kier molecular flexibility index (Phi) is 5.99. The summed E-state index contributed by atoms with van der Waals surface area (Å²) in [6.07, 6.45) is 0. The Hall–Kier alpha value is -0.890. The summed E-state index contributed by atoms with van der Waals surface area (Å²) in [4.78, 5) is 34.3. The number of nitrogens with one attached hydrogen (secondary N) is 1. The van der Waals surface area contributed by atoms with Crippen molar-refractivity contribution in [1.29, 1.82) is 0 Å². The molecule has 6 nitrogen and oxygen atoms in total. The molecule has 1 fully saturated rings. The van der Waals surface area contributed by atoms with E-state index in [2.05, 4.69) is 10.1 Å². The van der Waals surface area contributed by atoms with Crippen molar-refractivity contribution in [2.24, 2.45) is 5.41 Å². The number of esters is 2. The predicted molar refractivity (Wildman–Crippen MR) is 73.4 cm³/mol. The van der Waals surface area contributed by atoms with Crippen molar-refractivity contribution in [3.63, 3.8) is 0 Å². The second-order valence-corrected chi connectivity index (χ2v) is 7.18. The predicted octanol–water partition coefficient (Wildman–Crippen LogP) is 0.956. The van der Waals surface area contributed by atoms with E-state index in [1.54, 1.807) is 10.8 Å². The van der Waals surface area contributed by atoms with Crippen molar-refractivity contribution >= 4 is 39.4 Å². The molecule has 0 bridgehead atoms. The minimum Gasteiger partial charge on any atom is -0.428 e. The smallest absolute Gasteiger partial charge is 0.332 e. The van der Waals surface area contributed by atoms with E-state index < -0.39 is 30.2 Å². The Bertz CT molecular complexity index is 372. The van der Waals surface area contributed by atoms with Crippen molar-refractivity contribution in [3.05, 3.63) is 0 Å². The normalized spacial score (nSPS) is 22.7. The van der Waals surface area contributed by atoms with Gasteiger partial charge in [0.25, 0.3) is 0 Å². The van der Waals surface area contributed by atoms with Gasteiger partial charge in [-0.2, -0.15) is 0 Å². The lowest BCUT2D eigenvalue weighted by atomic mass is 9.95. The third-order valence-electron chi connectivity index (χ3n) is 2.41. The van der Waals surface area contributed by atoms with E-state index in [0.29, 0.717) is 11.5 Å². The first-order valence-corrected chi connectivity index (χ1v) is 8.17. The molecule has 1 saturated heterocycles. The van der Waals surface area contributed by atoms with Crippen LogP contribution >= 0.6 is 21.6 Å². The van der Waals surface area contributed by atoms with Crippen LogP contribution in [0.4, 0.5) is 0 Å². The van der Waals surface area contributed by atoms with Gasteiger partial charge in [-0.1, -0.05) is 35.4 Å². The number of ether oxygens (including phenoxy) is 2. The maximum Gasteiger partial charge on any atom is 0.332 e. The Morgan fingerprint density at radius 2 is 2.05 bits per heavy atom. The number of amides is 1. The first kappa shape index (κ1) is 16.2. The molecule has 0 saturated carbocycles. The summed E-state index contributed by atoms with van der Waals surface area (Å²) in [5.74, 6) is -0.208. The molecule has 1 atom stereocenters. The minimum atomic E-state index is -0.722. The fraction of sp³-hybridized carbons (Fsp3) is 0.727. The molecule has 1 heterocycles. The second kappa shape index (κ2) is 7.04. The van der Waals surface area contributed by atoms with Gasteiger partial charge < -0.3 is 14.8 Å². The molecule has 19 heavy (non-hydrogen) atoms. The molecule has 8 heteroatoms. The average molecular weight is 307 g/mol. The second-order valence-electron chi connectivity index (χ2n) is 4.67. The molecule has 108 valence electrons. The molecule has 1 N–H and O–H groups in total. The maximum absolute atomic E-state index is 12.0. The van der Waals surface area contributed by atoms with Gasteiger partial charge in [-0.15, -0.1) is 0 Å². The zero-order valence-electron chi connectivity index (χ0n) is 11.1. The van der Waals surface area contributed by atoms with Crippen molar-refractivity contribution in [2.45, 2.75) is 26.8 Å². The molecular weight excluding hydrogens is 290 g/mol. The summed E-state index contributed by atoms with van der Waals surface area (Å²) in [5.41, 5.74) is -0.535. The Balaban J connectivity index is 2.53. The van der Waals surface area contributed by atoms with Gasteiger partial charge in [-0.3, -0.25) is 9.59 Å². The largest absolute Gasteiger partial charge is 0.428 e. The highest BCUT2D eigenvalue weighted by atomic mass is 33.1. The SMILES string of the molecule is CC(=O)OCOC(=O)[C@@H]1CSSCC(C)(C)C(=O)N1. The van der Waals surface area contributed by atoms with Crippen LogP contribution in [0.2, 0.25) is 0 Å². The molecule has 0 aromatic heterocycles. The van der Waals surface area contributed by atoms with Crippen LogP contribution in [0.3, 0.4) is 0 Å². The van der Waals surface area contributed by atoms with Crippen LogP contribution in [-0.2, 0) is 23.9 Å². The first-order chi connectivity index (χ1) is 8.83. The number of hydrogen-bond acceptors (Lipinski definition) is 7. The fourth-order valence-electron chi connectivity index (χ4n) is 1.16. The highest BCUT2D eigenvalue weighted by Gasteiger charge is 2.34. The van der Waals surface area contributed by atoms with Gasteiger partial charge in [-0.25, -0.2) is 4.79 Å². The van der Waals surface area contributed by atoms with Gasteiger partial charge in [0, 0.05) is 18.4 Å². The Morgan fingerprint density at radius 3 is 2.68 bits per heavy atom. The summed E-state index contributed by atoms with van der Waals surface area (Å²) < 4.78 is 9.31. The van der Waals surface area contributed by atoms with Crippen LogP contribution in [0.5, 0.6) is 0 Å². The molecule has 1 amide bonds. The van der Waals surface area contributed by atoms with Gasteiger partial charge in [0.15, 0.2) is 0 Å². The molecule has 0 aromatic rings. The molecule has 1 aliphatic rings. The van der Waals surface area contributed by atoms with Crippen LogP contribution in [-0.4, -0.2) is 42.2 Å². The summed E-state index contributed by atoms with van der Waals surface area (Å²) in [5, 5.41) is 2.66. The summed E-state index contributed by atoms with van der Waals surface area (Å²) in [6, 6.07) is -0.722. The molecule has 0 radical (unpaired) electrons. The number of rotatable bonds is 3. The summed E-state index contributed by atoms with van der Waals surface area (Å²) in [7, 11) is 3.06. The van der Waals surface area contributed by atoms with Crippen LogP contribution in [0, 0.1) is 5.41 Å². The molecule has 0 aliphatic carbocycles. The van der Waals surface area contributed by atoms with E-state index in [9.17, 15) is 14.4 Å². The summed E-state index contributed by atoms with van der Waals surface area (Å²) >= 11 is 0. The van der Waals surface area contributed by atoms with Crippen LogP contribution < -0.4 is 5.32 Å². The molecule has 0 unspecified atom stereocenters. The Morgan fingerprint density at radius 1 is 1.37 bits per heavy atom. The number of carbonyl (C=O) groups excluding carboxylic acids is 3.